The second-order valence-corrected chi connectivity index (χ2v) is 7.05. The SMILES string of the molecule is C=CCNC(=O)N1CCC(Cn2c(C(F)(F)F)nc3ccccc32)CC1.O=C(O)C(=O)O. The Kier molecular flexibility index (Phi) is 8.21. The minimum Gasteiger partial charge on any atom is -0.473 e. The number of aromatic nitrogens is 2. The molecule has 2 aromatic rings. The first-order chi connectivity index (χ1) is 15.0. The maximum atomic E-state index is 13.4. The number of hydrogen-bond donors (Lipinski definition) is 3. The van der Waals surface area contributed by atoms with Gasteiger partial charge in [-0.25, -0.2) is 19.4 Å². The number of aliphatic carboxylic acids is 2. The highest BCUT2D eigenvalue weighted by Crippen LogP contribution is 2.33. The molecule has 1 aromatic heterocycles. The lowest BCUT2D eigenvalue weighted by atomic mass is 9.96. The molecule has 1 saturated heterocycles. The van der Waals surface area contributed by atoms with E-state index in [1.165, 1.54) is 4.57 Å². The van der Waals surface area contributed by atoms with Crippen molar-refractivity contribution in [3.8, 4) is 0 Å². The van der Waals surface area contributed by atoms with Crippen molar-refractivity contribution in [3.63, 3.8) is 0 Å². The van der Waals surface area contributed by atoms with Crippen LogP contribution in [-0.2, 0) is 22.3 Å². The second-order valence-electron chi connectivity index (χ2n) is 7.05. The summed E-state index contributed by atoms with van der Waals surface area (Å²) in [5, 5.41) is 17.5. The van der Waals surface area contributed by atoms with Gasteiger partial charge in [-0.05, 0) is 30.9 Å². The number of carbonyl (C=O) groups excluding carboxylic acids is 1. The molecule has 2 amide bonds. The van der Waals surface area contributed by atoms with E-state index in [0.29, 0.717) is 43.5 Å². The highest BCUT2D eigenvalue weighted by Gasteiger charge is 2.38. The fourth-order valence-corrected chi connectivity index (χ4v) is 3.32. The van der Waals surface area contributed by atoms with E-state index in [-0.39, 0.29) is 18.5 Å². The molecule has 1 fully saturated rings. The maximum absolute atomic E-state index is 13.4. The summed E-state index contributed by atoms with van der Waals surface area (Å²) in [5.74, 6) is -4.44. The number of carbonyl (C=O) groups is 3. The van der Waals surface area contributed by atoms with Crippen LogP contribution in [0.4, 0.5) is 18.0 Å². The summed E-state index contributed by atoms with van der Waals surface area (Å²) in [6, 6.07) is 6.49. The number of nitrogens with one attached hydrogen (secondary N) is 1. The van der Waals surface area contributed by atoms with Crippen LogP contribution in [0, 0.1) is 5.92 Å². The Morgan fingerprint density at radius 1 is 1.16 bits per heavy atom. The highest BCUT2D eigenvalue weighted by molar-refractivity contribution is 6.27. The van der Waals surface area contributed by atoms with Gasteiger partial charge in [0.25, 0.3) is 0 Å². The molecule has 32 heavy (non-hydrogen) atoms. The number of piperidine rings is 1. The van der Waals surface area contributed by atoms with Crippen LogP contribution in [0.5, 0.6) is 0 Å². The van der Waals surface area contributed by atoms with Gasteiger partial charge in [0.2, 0.25) is 5.82 Å². The first kappa shape index (κ1) is 24.7. The molecule has 0 bridgehead atoms. The zero-order chi connectivity index (χ0) is 23.9. The Hall–Kier alpha value is -3.57. The Morgan fingerprint density at radius 3 is 2.28 bits per heavy atom. The van der Waals surface area contributed by atoms with Crippen LogP contribution in [0.15, 0.2) is 36.9 Å². The van der Waals surface area contributed by atoms with E-state index in [1.807, 2.05) is 0 Å². The summed E-state index contributed by atoms with van der Waals surface area (Å²) in [7, 11) is 0. The van der Waals surface area contributed by atoms with Gasteiger partial charge in [0.1, 0.15) is 0 Å². The number of imidazole rings is 1. The first-order valence-electron chi connectivity index (χ1n) is 9.67. The van der Waals surface area contributed by atoms with Gasteiger partial charge in [-0.2, -0.15) is 13.2 Å². The van der Waals surface area contributed by atoms with E-state index in [9.17, 15) is 18.0 Å². The lowest BCUT2D eigenvalue weighted by Crippen LogP contribution is -2.45. The van der Waals surface area contributed by atoms with E-state index in [2.05, 4.69) is 16.9 Å². The van der Waals surface area contributed by atoms with Crippen LogP contribution in [0.1, 0.15) is 18.7 Å². The number of urea groups is 1. The second kappa shape index (κ2) is 10.6. The van der Waals surface area contributed by atoms with E-state index >= 15 is 0 Å². The number of para-hydroxylation sites is 2. The van der Waals surface area contributed by atoms with Crippen LogP contribution in [0.25, 0.3) is 11.0 Å². The third kappa shape index (κ3) is 6.46. The van der Waals surface area contributed by atoms with E-state index in [1.54, 1.807) is 35.2 Å². The van der Waals surface area contributed by atoms with Crippen molar-refractivity contribution < 1.29 is 37.8 Å². The standard InChI is InChI=1S/C18H21F3N4O.C2H2O4/c1-2-9-22-17(26)24-10-7-13(8-11-24)12-25-15-6-4-3-5-14(15)23-16(25)18(19,20)21;3-1(4)2(5)6/h2-6,13H,1,7-12H2,(H,22,26);(H,3,4)(H,5,6). The number of alkyl halides is 3. The molecule has 12 heteroatoms. The number of halogens is 3. The number of nitrogens with zero attached hydrogens (tertiary/aromatic N) is 3. The van der Waals surface area contributed by atoms with Gasteiger partial charge < -0.3 is 25.0 Å². The van der Waals surface area contributed by atoms with Crippen LogP contribution in [-0.4, -0.2) is 62.3 Å². The number of amides is 2. The van der Waals surface area contributed by atoms with Crippen LogP contribution in [0.2, 0.25) is 0 Å². The molecule has 1 aliphatic rings. The molecule has 3 rings (SSSR count). The third-order valence-electron chi connectivity index (χ3n) is 4.83. The van der Waals surface area contributed by atoms with Gasteiger partial charge in [0.05, 0.1) is 11.0 Å². The average Bonchev–Trinajstić information content (AvgIpc) is 3.12. The lowest BCUT2D eigenvalue weighted by Gasteiger charge is -2.32. The Labute approximate surface area is 181 Å². The maximum Gasteiger partial charge on any atom is 0.449 e. The van der Waals surface area contributed by atoms with Gasteiger partial charge >= 0.3 is 24.1 Å². The Bertz CT molecular complexity index is 969. The van der Waals surface area contributed by atoms with Crippen molar-refractivity contribution in [2.75, 3.05) is 19.6 Å². The van der Waals surface area contributed by atoms with Gasteiger partial charge in [-0.15, -0.1) is 6.58 Å². The molecule has 0 atom stereocenters. The van der Waals surface area contributed by atoms with Crippen LogP contribution < -0.4 is 5.32 Å². The molecule has 1 aromatic carbocycles. The van der Waals surface area contributed by atoms with Crippen LogP contribution in [0.3, 0.4) is 0 Å². The third-order valence-corrected chi connectivity index (χ3v) is 4.83. The summed E-state index contributed by atoms with van der Waals surface area (Å²) in [4.78, 5) is 35.6. The minimum atomic E-state index is -4.50. The molecule has 1 aliphatic heterocycles. The molecule has 0 unspecified atom stereocenters. The molecule has 2 heterocycles. The predicted molar refractivity (Wildman–Crippen MR) is 108 cm³/mol. The summed E-state index contributed by atoms with van der Waals surface area (Å²) >= 11 is 0. The summed E-state index contributed by atoms with van der Waals surface area (Å²) < 4.78 is 41.4. The van der Waals surface area contributed by atoms with Gasteiger partial charge in [0, 0.05) is 26.2 Å². The molecule has 0 radical (unpaired) electrons. The lowest BCUT2D eigenvalue weighted by molar-refractivity contribution is -0.159. The molecular weight excluding hydrogens is 433 g/mol. The van der Waals surface area contributed by atoms with Gasteiger partial charge in [-0.1, -0.05) is 18.2 Å². The monoisotopic (exact) mass is 456 g/mol. The number of rotatable bonds is 4. The largest absolute Gasteiger partial charge is 0.473 e. The average molecular weight is 456 g/mol. The number of carboxylic acid groups (broad SMARTS) is 2. The Balaban J connectivity index is 0.000000534. The molecule has 3 N–H and O–H groups in total. The number of hydrogen-bond acceptors (Lipinski definition) is 4. The molecule has 0 saturated carbocycles. The molecule has 174 valence electrons. The van der Waals surface area contributed by atoms with E-state index < -0.39 is 23.9 Å². The van der Waals surface area contributed by atoms with Crippen molar-refractivity contribution in [2.24, 2.45) is 5.92 Å². The van der Waals surface area contributed by atoms with Crippen molar-refractivity contribution >= 4 is 29.0 Å². The summed E-state index contributed by atoms with van der Waals surface area (Å²) in [6.07, 6.45) is -1.58. The fourth-order valence-electron chi connectivity index (χ4n) is 3.32. The van der Waals surface area contributed by atoms with E-state index in [0.717, 1.165) is 0 Å². The number of fused-ring (bicyclic) bond motifs is 1. The van der Waals surface area contributed by atoms with Gasteiger partial charge in [-0.3, -0.25) is 0 Å². The van der Waals surface area contributed by atoms with Crippen molar-refractivity contribution in [3.05, 3.63) is 42.7 Å². The van der Waals surface area contributed by atoms with E-state index in [4.69, 9.17) is 19.8 Å². The zero-order valence-corrected chi connectivity index (χ0v) is 17.0. The zero-order valence-electron chi connectivity index (χ0n) is 17.0. The molecular formula is C20H23F3N4O5. The highest BCUT2D eigenvalue weighted by atomic mass is 19.4. The van der Waals surface area contributed by atoms with Gasteiger partial charge in [0.15, 0.2) is 0 Å². The first-order valence-corrected chi connectivity index (χ1v) is 9.67. The summed E-state index contributed by atoms with van der Waals surface area (Å²) in [5.41, 5.74) is 0.840. The Morgan fingerprint density at radius 2 is 1.75 bits per heavy atom. The van der Waals surface area contributed by atoms with Crippen molar-refractivity contribution in [2.45, 2.75) is 25.6 Å². The quantitative estimate of drug-likeness (QED) is 0.480. The predicted octanol–water partition coefficient (Wildman–Crippen LogP) is 2.82. The normalized spacial score (nSPS) is 14.4. The topological polar surface area (TPSA) is 125 Å². The number of benzene rings is 1. The summed E-state index contributed by atoms with van der Waals surface area (Å²) in [6.45, 7) is 5.25. The molecule has 0 spiro atoms. The van der Waals surface area contributed by atoms with Crippen molar-refractivity contribution in [1.29, 1.82) is 0 Å². The minimum absolute atomic E-state index is 0.0668. The number of likely N-dealkylation sites (tertiary alicyclic amines) is 1. The smallest absolute Gasteiger partial charge is 0.449 e. The van der Waals surface area contributed by atoms with Crippen molar-refractivity contribution in [1.82, 2.24) is 19.8 Å². The molecule has 0 aliphatic carbocycles. The fraction of sp³-hybridized carbons (Fsp3) is 0.400. The molecule has 9 nitrogen and oxygen atoms in total. The number of carboxylic acids is 2. The van der Waals surface area contributed by atoms with Crippen LogP contribution >= 0.6 is 0 Å².